The Hall–Kier alpha value is -2.60. The molecule has 1 N–H and O–H groups in total. The van der Waals surface area contributed by atoms with Crippen LogP contribution >= 0.6 is 0 Å². The lowest BCUT2D eigenvalue weighted by Gasteiger charge is -2.00. The number of H-pyrrole nitrogens is 1. The molecule has 3 rings (SSSR count). The minimum atomic E-state index is 0.686. The number of nitriles is 1. The number of hydrogen-bond donors (Lipinski definition) is 1. The van der Waals surface area contributed by atoms with Crippen LogP contribution in [0.1, 0.15) is 11.1 Å². The minimum Gasteiger partial charge on any atom is -0.277 e. The van der Waals surface area contributed by atoms with Gasteiger partial charge in [-0.05, 0) is 24.6 Å². The number of nitrogens with one attached hydrogen (secondary N) is 1. The summed E-state index contributed by atoms with van der Waals surface area (Å²) < 4.78 is 0. The van der Waals surface area contributed by atoms with E-state index in [-0.39, 0.29) is 0 Å². The summed E-state index contributed by atoms with van der Waals surface area (Å²) in [6, 6.07) is 16.1. The van der Waals surface area contributed by atoms with Crippen molar-refractivity contribution >= 4 is 10.9 Å². The second-order valence-corrected chi connectivity index (χ2v) is 4.26. The zero-order valence-electron chi connectivity index (χ0n) is 9.94. The van der Waals surface area contributed by atoms with Crippen molar-refractivity contribution in [2.24, 2.45) is 0 Å². The van der Waals surface area contributed by atoms with E-state index < -0.39 is 0 Å². The molecule has 2 aromatic carbocycles. The summed E-state index contributed by atoms with van der Waals surface area (Å²) in [6.07, 6.45) is 0. The SMILES string of the molecule is Cc1cc2c(-c3ccccc3)n[nH]c2cc1C#N. The molecule has 3 heteroatoms. The molecule has 1 heterocycles. The first-order chi connectivity index (χ1) is 8.79. The monoisotopic (exact) mass is 233 g/mol. The molecule has 3 aromatic rings. The first-order valence-electron chi connectivity index (χ1n) is 5.74. The van der Waals surface area contributed by atoms with E-state index >= 15 is 0 Å². The van der Waals surface area contributed by atoms with E-state index in [0.29, 0.717) is 5.56 Å². The standard InChI is InChI=1S/C15H11N3/c1-10-7-13-14(8-12(10)9-16)17-18-15(13)11-5-3-2-4-6-11/h2-8H,1H3,(H,17,18). The Labute approximate surface area is 105 Å². The maximum atomic E-state index is 9.02. The van der Waals surface area contributed by atoms with E-state index in [2.05, 4.69) is 16.3 Å². The summed E-state index contributed by atoms with van der Waals surface area (Å²) in [4.78, 5) is 0. The van der Waals surface area contributed by atoms with Crippen LogP contribution in [0.4, 0.5) is 0 Å². The number of aryl methyl sites for hydroxylation is 1. The number of fused-ring (bicyclic) bond motifs is 1. The van der Waals surface area contributed by atoms with Gasteiger partial charge >= 0.3 is 0 Å². The maximum absolute atomic E-state index is 9.02. The molecule has 0 saturated heterocycles. The number of nitrogens with zero attached hydrogens (tertiary/aromatic N) is 2. The lowest BCUT2D eigenvalue weighted by Crippen LogP contribution is -1.82. The van der Waals surface area contributed by atoms with Crippen molar-refractivity contribution in [2.45, 2.75) is 6.92 Å². The summed E-state index contributed by atoms with van der Waals surface area (Å²) >= 11 is 0. The molecule has 0 aliphatic rings. The van der Waals surface area contributed by atoms with Crippen LogP contribution in [-0.2, 0) is 0 Å². The molecule has 18 heavy (non-hydrogen) atoms. The first kappa shape index (κ1) is 10.5. The van der Waals surface area contributed by atoms with Crippen molar-refractivity contribution in [3.8, 4) is 17.3 Å². The molecule has 0 amide bonds. The van der Waals surface area contributed by atoms with E-state index in [1.165, 1.54) is 0 Å². The Balaban J connectivity index is 2.28. The number of aromatic amines is 1. The Kier molecular flexibility index (Phi) is 2.35. The Morgan fingerprint density at radius 3 is 2.67 bits per heavy atom. The topological polar surface area (TPSA) is 52.5 Å². The first-order valence-corrected chi connectivity index (χ1v) is 5.74. The van der Waals surface area contributed by atoms with Crippen LogP contribution < -0.4 is 0 Å². The molecule has 0 atom stereocenters. The Morgan fingerprint density at radius 1 is 1.17 bits per heavy atom. The molecular formula is C15H11N3. The van der Waals surface area contributed by atoms with Gasteiger partial charge in [-0.3, -0.25) is 5.10 Å². The lowest BCUT2D eigenvalue weighted by molar-refractivity contribution is 1.12. The Bertz CT molecular complexity index is 748. The summed E-state index contributed by atoms with van der Waals surface area (Å²) in [6.45, 7) is 1.94. The fourth-order valence-electron chi connectivity index (χ4n) is 2.11. The predicted molar refractivity (Wildman–Crippen MR) is 71.0 cm³/mol. The van der Waals surface area contributed by atoms with Crippen LogP contribution in [0.15, 0.2) is 42.5 Å². The number of benzene rings is 2. The maximum Gasteiger partial charge on any atom is 0.0999 e. The molecule has 0 aliphatic carbocycles. The van der Waals surface area contributed by atoms with Crippen LogP contribution in [0.2, 0.25) is 0 Å². The lowest BCUT2D eigenvalue weighted by atomic mass is 10.0. The molecule has 86 valence electrons. The predicted octanol–water partition coefficient (Wildman–Crippen LogP) is 3.41. The van der Waals surface area contributed by atoms with Gasteiger partial charge in [0.2, 0.25) is 0 Å². The highest BCUT2D eigenvalue weighted by molar-refractivity contribution is 5.94. The van der Waals surface area contributed by atoms with Gasteiger partial charge in [-0.1, -0.05) is 30.3 Å². The third-order valence-electron chi connectivity index (χ3n) is 3.08. The third-order valence-corrected chi connectivity index (χ3v) is 3.08. The average Bonchev–Trinajstić information content (AvgIpc) is 2.81. The van der Waals surface area contributed by atoms with Crippen molar-refractivity contribution < 1.29 is 0 Å². The summed E-state index contributed by atoms with van der Waals surface area (Å²) in [5.74, 6) is 0. The van der Waals surface area contributed by atoms with Gasteiger partial charge in [-0.2, -0.15) is 10.4 Å². The van der Waals surface area contributed by atoms with Crippen LogP contribution in [0, 0.1) is 18.3 Å². The van der Waals surface area contributed by atoms with Crippen molar-refractivity contribution in [2.75, 3.05) is 0 Å². The number of rotatable bonds is 1. The van der Waals surface area contributed by atoms with Gasteiger partial charge in [-0.15, -0.1) is 0 Å². The third kappa shape index (κ3) is 1.56. The fraction of sp³-hybridized carbons (Fsp3) is 0.0667. The van der Waals surface area contributed by atoms with Crippen LogP contribution in [0.3, 0.4) is 0 Å². The quantitative estimate of drug-likeness (QED) is 0.700. The molecule has 3 nitrogen and oxygen atoms in total. The normalized spacial score (nSPS) is 10.4. The molecule has 0 radical (unpaired) electrons. The van der Waals surface area contributed by atoms with Gasteiger partial charge in [0.05, 0.1) is 22.8 Å². The molecule has 0 bridgehead atoms. The average molecular weight is 233 g/mol. The molecule has 0 saturated carbocycles. The molecule has 1 aromatic heterocycles. The number of aromatic nitrogens is 2. The smallest absolute Gasteiger partial charge is 0.0999 e. The van der Waals surface area contributed by atoms with Gasteiger partial charge < -0.3 is 0 Å². The zero-order valence-corrected chi connectivity index (χ0v) is 9.94. The van der Waals surface area contributed by atoms with Crippen LogP contribution in [-0.4, -0.2) is 10.2 Å². The van der Waals surface area contributed by atoms with Crippen molar-refractivity contribution in [1.82, 2.24) is 10.2 Å². The van der Waals surface area contributed by atoms with E-state index in [0.717, 1.165) is 27.7 Å². The van der Waals surface area contributed by atoms with Crippen molar-refractivity contribution in [3.63, 3.8) is 0 Å². The van der Waals surface area contributed by atoms with Gasteiger partial charge in [0, 0.05) is 10.9 Å². The van der Waals surface area contributed by atoms with E-state index in [4.69, 9.17) is 5.26 Å². The van der Waals surface area contributed by atoms with Crippen LogP contribution in [0.25, 0.3) is 22.2 Å². The van der Waals surface area contributed by atoms with Crippen LogP contribution in [0.5, 0.6) is 0 Å². The van der Waals surface area contributed by atoms with Gasteiger partial charge in [-0.25, -0.2) is 0 Å². The second kappa shape index (κ2) is 4.01. The van der Waals surface area contributed by atoms with Gasteiger partial charge in [0.25, 0.3) is 0 Å². The second-order valence-electron chi connectivity index (χ2n) is 4.26. The van der Waals surface area contributed by atoms with Gasteiger partial charge in [0.1, 0.15) is 0 Å². The molecule has 0 unspecified atom stereocenters. The highest BCUT2D eigenvalue weighted by Crippen LogP contribution is 2.27. The Morgan fingerprint density at radius 2 is 1.94 bits per heavy atom. The summed E-state index contributed by atoms with van der Waals surface area (Å²) in [5, 5.41) is 17.4. The summed E-state index contributed by atoms with van der Waals surface area (Å²) in [7, 11) is 0. The van der Waals surface area contributed by atoms with E-state index in [1.54, 1.807) is 0 Å². The fourth-order valence-corrected chi connectivity index (χ4v) is 2.11. The highest BCUT2D eigenvalue weighted by Gasteiger charge is 2.09. The molecular weight excluding hydrogens is 222 g/mol. The zero-order chi connectivity index (χ0) is 12.5. The highest BCUT2D eigenvalue weighted by atomic mass is 15.1. The minimum absolute atomic E-state index is 0.686. The largest absolute Gasteiger partial charge is 0.277 e. The van der Waals surface area contributed by atoms with Crippen molar-refractivity contribution in [1.29, 1.82) is 5.26 Å². The van der Waals surface area contributed by atoms with Gasteiger partial charge in [0.15, 0.2) is 0 Å². The van der Waals surface area contributed by atoms with E-state index in [9.17, 15) is 0 Å². The molecule has 0 aliphatic heterocycles. The number of hydrogen-bond acceptors (Lipinski definition) is 2. The van der Waals surface area contributed by atoms with Crippen molar-refractivity contribution in [3.05, 3.63) is 53.6 Å². The summed E-state index contributed by atoms with van der Waals surface area (Å²) in [5.41, 5.74) is 4.57. The molecule has 0 spiro atoms. The van der Waals surface area contributed by atoms with E-state index in [1.807, 2.05) is 49.4 Å². The molecule has 0 fully saturated rings.